The number of rotatable bonds is 7. The lowest BCUT2D eigenvalue weighted by Crippen LogP contribution is -2.56. The summed E-state index contributed by atoms with van der Waals surface area (Å²) >= 11 is 0. The number of hydrogen-bond acceptors (Lipinski definition) is 7. The van der Waals surface area contributed by atoms with E-state index in [1.807, 2.05) is 30.9 Å². The SMILES string of the molecule is Cc1cnc(-c2ccc(N3CCN(C(=O)CN4CCC(F)(C(=O)Nc5ccc6[nH]nc(-c7ccc(F)cc7)c6c5)C4)[C@H](C)C3)cc2)nc1. The molecule has 1 unspecified atom stereocenters. The lowest BCUT2D eigenvalue weighted by Gasteiger charge is -2.41. The fourth-order valence-electron chi connectivity index (χ4n) is 6.54. The van der Waals surface area contributed by atoms with E-state index in [4.69, 9.17) is 0 Å². The third-order valence-corrected chi connectivity index (χ3v) is 9.22. The number of alkyl halides is 1. The first-order valence-corrected chi connectivity index (χ1v) is 16.1. The molecule has 12 heteroatoms. The summed E-state index contributed by atoms with van der Waals surface area (Å²) < 4.78 is 29.4. The van der Waals surface area contributed by atoms with Crippen molar-refractivity contribution in [3.05, 3.63) is 90.5 Å². The molecule has 2 fully saturated rings. The van der Waals surface area contributed by atoms with Gasteiger partial charge in [0.25, 0.3) is 5.91 Å². The molecule has 7 rings (SSSR count). The van der Waals surface area contributed by atoms with Crippen molar-refractivity contribution in [2.45, 2.75) is 32.0 Å². The topological polar surface area (TPSA) is 110 Å². The minimum Gasteiger partial charge on any atom is -0.368 e. The van der Waals surface area contributed by atoms with E-state index in [9.17, 15) is 14.0 Å². The molecular weight excluding hydrogens is 614 g/mol. The van der Waals surface area contributed by atoms with Crippen molar-refractivity contribution in [1.29, 1.82) is 0 Å². The number of H-pyrrole nitrogens is 1. The quantitative estimate of drug-likeness (QED) is 0.249. The van der Waals surface area contributed by atoms with Crippen LogP contribution in [-0.2, 0) is 9.59 Å². The number of benzene rings is 3. The van der Waals surface area contributed by atoms with Gasteiger partial charge >= 0.3 is 0 Å². The molecule has 2 atom stereocenters. The maximum absolute atomic E-state index is 16.0. The van der Waals surface area contributed by atoms with E-state index >= 15 is 4.39 Å². The van der Waals surface area contributed by atoms with E-state index in [0.717, 1.165) is 22.3 Å². The first-order chi connectivity index (χ1) is 23.1. The Balaban J connectivity index is 0.935. The summed E-state index contributed by atoms with van der Waals surface area (Å²) in [6, 6.07) is 19.2. The Morgan fingerprint density at radius 1 is 0.979 bits per heavy atom. The molecule has 246 valence electrons. The summed E-state index contributed by atoms with van der Waals surface area (Å²) in [6.45, 7) is 6.07. The zero-order chi connectivity index (χ0) is 33.4. The van der Waals surface area contributed by atoms with E-state index in [1.54, 1.807) is 47.6 Å². The highest BCUT2D eigenvalue weighted by molar-refractivity contribution is 6.01. The van der Waals surface area contributed by atoms with Crippen LogP contribution in [0.15, 0.2) is 79.1 Å². The Labute approximate surface area is 276 Å². The van der Waals surface area contributed by atoms with Gasteiger partial charge in [-0.2, -0.15) is 5.10 Å². The van der Waals surface area contributed by atoms with Gasteiger partial charge in [0.15, 0.2) is 5.82 Å². The predicted molar refractivity (Wildman–Crippen MR) is 181 cm³/mol. The highest BCUT2D eigenvalue weighted by atomic mass is 19.1. The monoisotopic (exact) mass is 650 g/mol. The van der Waals surface area contributed by atoms with Crippen LogP contribution in [-0.4, -0.2) is 92.8 Å². The standard InChI is InChI=1S/C36H36F2N8O2/c1-23-18-39-34(40-19-23)26-5-10-29(11-6-26)45-15-16-46(24(2)20-45)32(47)21-44-14-13-36(38,22-44)35(48)41-28-9-12-31-30(17-28)33(43-42-31)25-3-7-27(37)8-4-25/h3-12,17-19,24H,13-16,20-22H2,1-2H3,(H,41,48)(H,42,43)/t24-,36?/m1/s1. The lowest BCUT2D eigenvalue weighted by molar-refractivity contribution is -0.135. The number of piperazine rings is 1. The molecule has 2 saturated heterocycles. The van der Waals surface area contributed by atoms with E-state index in [1.165, 1.54) is 12.1 Å². The van der Waals surface area contributed by atoms with Gasteiger partial charge in [0, 0.05) is 85.5 Å². The number of anilines is 2. The van der Waals surface area contributed by atoms with Gasteiger partial charge in [-0.15, -0.1) is 0 Å². The molecule has 10 nitrogen and oxygen atoms in total. The Kier molecular flexibility index (Phi) is 8.34. The van der Waals surface area contributed by atoms with Crippen LogP contribution in [0.3, 0.4) is 0 Å². The molecule has 0 radical (unpaired) electrons. The molecule has 2 aliphatic heterocycles. The molecule has 48 heavy (non-hydrogen) atoms. The van der Waals surface area contributed by atoms with Crippen LogP contribution in [0.1, 0.15) is 18.9 Å². The van der Waals surface area contributed by atoms with Gasteiger partial charge < -0.3 is 15.1 Å². The van der Waals surface area contributed by atoms with Crippen molar-refractivity contribution >= 4 is 34.1 Å². The van der Waals surface area contributed by atoms with Crippen LogP contribution in [0.2, 0.25) is 0 Å². The number of halogens is 2. The number of amides is 2. The largest absolute Gasteiger partial charge is 0.368 e. The maximum atomic E-state index is 16.0. The number of fused-ring (bicyclic) bond motifs is 1. The summed E-state index contributed by atoms with van der Waals surface area (Å²) in [5, 5.41) is 10.7. The van der Waals surface area contributed by atoms with Gasteiger partial charge in [0.05, 0.1) is 17.8 Å². The number of aromatic amines is 1. The number of carbonyl (C=O) groups excluding carboxylic acids is 2. The summed E-state index contributed by atoms with van der Waals surface area (Å²) in [5.41, 5.74) is 3.35. The molecule has 4 heterocycles. The van der Waals surface area contributed by atoms with Gasteiger partial charge in [-0.25, -0.2) is 18.7 Å². The summed E-state index contributed by atoms with van der Waals surface area (Å²) in [5.74, 6) is -0.486. The van der Waals surface area contributed by atoms with Crippen LogP contribution in [0.5, 0.6) is 0 Å². The normalized spacial score (nSPS) is 20.0. The van der Waals surface area contributed by atoms with Crippen LogP contribution < -0.4 is 10.2 Å². The average Bonchev–Trinajstić information content (AvgIpc) is 3.69. The fourth-order valence-corrected chi connectivity index (χ4v) is 6.54. The predicted octanol–water partition coefficient (Wildman–Crippen LogP) is 5.22. The number of nitrogens with zero attached hydrogens (tertiary/aromatic N) is 6. The van der Waals surface area contributed by atoms with Gasteiger partial charge in [-0.05, 0) is 86.1 Å². The van der Waals surface area contributed by atoms with Crippen LogP contribution >= 0.6 is 0 Å². The van der Waals surface area contributed by atoms with Gasteiger partial charge in [-0.1, -0.05) is 0 Å². The molecule has 2 aliphatic rings. The zero-order valence-corrected chi connectivity index (χ0v) is 26.8. The summed E-state index contributed by atoms with van der Waals surface area (Å²) in [6.07, 6.45) is 3.60. The smallest absolute Gasteiger partial charge is 0.263 e. The number of nitrogens with one attached hydrogen (secondary N) is 2. The maximum Gasteiger partial charge on any atom is 0.263 e. The van der Waals surface area contributed by atoms with Crippen molar-refractivity contribution in [2.24, 2.45) is 0 Å². The summed E-state index contributed by atoms with van der Waals surface area (Å²) in [4.78, 5) is 41.2. The number of hydrogen-bond donors (Lipinski definition) is 2. The van der Waals surface area contributed by atoms with Crippen molar-refractivity contribution in [1.82, 2.24) is 30.0 Å². The average molecular weight is 651 g/mol. The summed E-state index contributed by atoms with van der Waals surface area (Å²) in [7, 11) is 0. The van der Waals surface area contributed by atoms with Crippen molar-refractivity contribution < 1.29 is 18.4 Å². The molecule has 0 saturated carbocycles. The molecule has 0 spiro atoms. The van der Waals surface area contributed by atoms with Crippen LogP contribution in [0.4, 0.5) is 20.2 Å². The van der Waals surface area contributed by atoms with Gasteiger partial charge in [0.1, 0.15) is 5.82 Å². The zero-order valence-electron chi connectivity index (χ0n) is 26.8. The molecule has 0 bridgehead atoms. The highest BCUT2D eigenvalue weighted by Crippen LogP contribution is 2.31. The van der Waals surface area contributed by atoms with E-state index in [0.29, 0.717) is 54.3 Å². The van der Waals surface area contributed by atoms with E-state index in [-0.39, 0.29) is 37.3 Å². The molecular formula is C36H36F2N8O2. The second-order valence-corrected chi connectivity index (χ2v) is 12.7. The highest BCUT2D eigenvalue weighted by Gasteiger charge is 2.46. The van der Waals surface area contributed by atoms with Gasteiger partial charge in [0.2, 0.25) is 11.6 Å². The number of aromatic nitrogens is 4. The van der Waals surface area contributed by atoms with E-state index < -0.39 is 11.6 Å². The first kappa shape index (κ1) is 31.4. The van der Waals surface area contributed by atoms with Crippen LogP contribution in [0, 0.1) is 12.7 Å². The van der Waals surface area contributed by atoms with Crippen molar-refractivity contribution in [3.8, 4) is 22.6 Å². The molecule has 2 amide bonds. The Hall–Kier alpha value is -5.23. The number of likely N-dealkylation sites (tertiary alicyclic amines) is 1. The molecule has 3 aromatic carbocycles. The third-order valence-electron chi connectivity index (χ3n) is 9.22. The van der Waals surface area contributed by atoms with Crippen molar-refractivity contribution in [3.63, 3.8) is 0 Å². The Bertz CT molecular complexity index is 1950. The fraction of sp³-hybridized carbons (Fsp3) is 0.306. The lowest BCUT2D eigenvalue weighted by atomic mass is 10.0. The second-order valence-electron chi connectivity index (χ2n) is 12.7. The first-order valence-electron chi connectivity index (χ1n) is 16.1. The second kappa shape index (κ2) is 12.8. The Morgan fingerprint density at radius 2 is 1.71 bits per heavy atom. The van der Waals surface area contributed by atoms with E-state index in [2.05, 4.69) is 42.5 Å². The minimum atomic E-state index is -2.13. The molecule has 2 aromatic heterocycles. The van der Waals surface area contributed by atoms with Crippen LogP contribution in [0.25, 0.3) is 33.5 Å². The molecule has 5 aromatic rings. The molecule has 2 N–H and O–H groups in total. The Morgan fingerprint density at radius 3 is 2.44 bits per heavy atom. The van der Waals surface area contributed by atoms with Gasteiger partial charge in [-0.3, -0.25) is 19.6 Å². The minimum absolute atomic E-state index is 0.00610. The third kappa shape index (κ3) is 6.35. The number of aryl methyl sites for hydroxylation is 1. The molecule has 0 aliphatic carbocycles. The number of carbonyl (C=O) groups is 2. The van der Waals surface area contributed by atoms with Crippen molar-refractivity contribution in [2.75, 3.05) is 49.5 Å².